The van der Waals surface area contributed by atoms with Gasteiger partial charge in [-0.25, -0.2) is 0 Å². The third kappa shape index (κ3) is 14.2. The molecule has 0 aliphatic rings. The molecule has 23 heavy (non-hydrogen) atoms. The molecule has 7 nitrogen and oxygen atoms in total. The summed E-state index contributed by atoms with van der Waals surface area (Å²) in [5.41, 5.74) is 6.46. The summed E-state index contributed by atoms with van der Waals surface area (Å²) >= 11 is 0. The van der Waals surface area contributed by atoms with Gasteiger partial charge in [0.25, 0.3) is 0 Å². The third-order valence-electron chi connectivity index (χ3n) is 2.61. The van der Waals surface area contributed by atoms with Gasteiger partial charge in [-0.05, 0) is 18.4 Å². The van der Waals surface area contributed by atoms with Crippen LogP contribution in [0.25, 0.3) is 0 Å². The van der Waals surface area contributed by atoms with Crippen molar-refractivity contribution in [3.63, 3.8) is 0 Å². The Morgan fingerprint density at radius 3 is 1.74 bits per heavy atom. The second-order valence-corrected chi connectivity index (χ2v) is 8.20. The van der Waals surface area contributed by atoms with Crippen LogP contribution in [0.1, 0.15) is 12.0 Å². The molecule has 0 aliphatic carbocycles. The van der Waals surface area contributed by atoms with E-state index >= 15 is 0 Å². The Hall–Kier alpha value is 3.48. The van der Waals surface area contributed by atoms with E-state index in [0.29, 0.717) is 0 Å². The largest absolute Gasteiger partial charge is 1.00 e. The van der Waals surface area contributed by atoms with E-state index in [1.807, 2.05) is 0 Å². The minimum atomic E-state index is -5.21. The molecular formula is C10H15NNa4O6P2. The van der Waals surface area contributed by atoms with Crippen molar-refractivity contribution in [2.45, 2.75) is 24.3 Å². The van der Waals surface area contributed by atoms with E-state index in [1.54, 1.807) is 30.3 Å². The smallest absolute Gasteiger partial charge is 0.778 e. The van der Waals surface area contributed by atoms with Gasteiger partial charge in [-0.2, -0.15) is 0 Å². The first-order chi connectivity index (χ1) is 8.60. The normalized spacial score (nSPS) is 17.4. The van der Waals surface area contributed by atoms with Crippen LogP contribution < -0.4 is 74.6 Å². The summed E-state index contributed by atoms with van der Waals surface area (Å²) in [5.74, 6) is 0. The Morgan fingerprint density at radius 2 is 1.39 bits per heavy atom. The van der Waals surface area contributed by atoms with Gasteiger partial charge in [0.1, 0.15) is 15.2 Å². The fourth-order valence-electron chi connectivity index (χ4n) is 1.72. The zero-order valence-corrected chi connectivity index (χ0v) is 23.7. The zero-order valence-electron chi connectivity index (χ0n) is 14.0. The molecule has 0 heterocycles. The van der Waals surface area contributed by atoms with Crippen molar-refractivity contribution in [1.29, 1.82) is 0 Å². The van der Waals surface area contributed by atoms with Crippen molar-refractivity contribution in [3.8, 4) is 0 Å². The summed E-state index contributed by atoms with van der Waals surface area (Å²) < 4.78 is 21.9. The Morgan fingerprint density at radius 1 is 1.00 bits per heavy atom. The van der Waals surface area contributed by atoms with E-state index < -0.39 is 33.1 Å². The van der Waals surface area contributed by atoms with Crippen LogP contribution in [0, 0.1) is 0 Å². The van der Waals surface area contributed by atoms with Gasteiger partial charge < -0.3 is 34.4 Å². The second-order valence-electron chi connectivity index (χ2n) is 4.29. The number of rotatable bonds is 6. The molecule has 4 N–H and O–H groups in total. The molecule has 1 rings (SSSR count). The Labute approximate surface area is 224 Å². The zero-order chi connectivity index (χ0) is 14.7. The average molecular weight is 399 g/mol. The Kier molecular flexibility index (Phi) is 22.8. The quantitative estimate of drug-likeness (QED) is 0.318. The summed E-state index contributed by atoms with van der Waals surface area (Å²) in [6.45, 7) is 0. The van der Waals surface area contributed by atoms with Crippen molar-refractivity contribution < 1.29 is 87.8 Å². The molecule has 1 aromatic rings. The summed E-state index contributed by atoms with van der Waals surface area (Å²) in [4.78, 5) is 39.6. The van der Waals surface area contributed by atoms with Gasteiger partial charge in [-0.3, -0.25) is 0 Å². The van der Waals surface area contributed by atoms with Crippen LogP contribution in [0.3, 0.4) is 0 Å². The second kappa shape index (κ2) is 15.4. The summed E-state index contributed by atoms with van der Waals surface area (Å²) in [6.07, 6.45) is -0.333. The molecule has 0 aromatic heterocycles. The standard InChI is InChI=1S/C10H17NO6P2.4Na/c11-9(6-8-4-2-1-3-5-8)7-10(18(12,13)14)19(15,16)17;;;;/h1-5,9-10H,6-7,11H2,(H2,12,13,14)(H2,15,16,17);;;;/q;;;2*+1/p-2. The first-order valence-electron chi connectivity index (χ1n) is 5.47. The molecule has 3 unspecified atom stereocenters. The van der Waals surface area contributed by atoms with Gasteiger partial charge in [0.15, 0.2) is 0 Å². The van der Waals surface area contributed by atoms with E-state index in [4.69, 9.17) is 15.5 Å². The van der Waals surface area contributed by atoms with Crippen molar-refractivity contribution in [1.82, 2.24) is 0 Å². The first kappa shape index (κ1) is 34.0. The maximum atomic E-state index is 11.0. The summed E-state index contributed by atoms with van der Waals surface area (Å²) in [5, 5.41) is -2.27. The van der Waals surface area contributed by atoms with Crippen molar-refractivity contribution in [2.75, 3.05) is 0 Å². The van der Waals surface area contributed by atoms with Crippen LogP contribution in [0.4, 0.5) is 0 Å². The monoisotopic (exact) mass is 399 g/mol. The number of hydrogen-bond acceptors (Lipinski definition) is 5. The van der Waals surface area contributed by atoms with Gasteiger partial charge in [-0.1, -0.05) is 30.3 Å². The molecule has 0 saturated heterocycles. The van der Waals surface area contributed by atoms with Crippen molar-refractivity contribution >= 4 is 74.3 Å². The maximum Gasteiger partial charge on any atom is 1.00 e. The molecular weight excluding hydrogens is 384 g/mol. The minimum absolute atomic E-state index is 0. The molecule has 0 amide bonds. The topological polar surface area (TPSA) is 147 Å². The van der Waals surface area contributed by atoms with Gasteiger partial charge >= 0.3 is 59.1 Å². The molecule has 110 valence electrons. The SMILES string of the molecule is NC(Cc1ccccc1)CC(P(=O)([O-])O)P(=O)([O-])O.[Na+].[Na+].[Na].[Na]. The van der Waals surface area contributed by atoms with E-state index in [-0.39, 0.29) is 125 Å². The predicted molar refractivity (Wildman–Crippen MR) is 77.7 cm³/mol. The molecule has 0 saturated carbocycles. The van der Waals surface area contributed by atoms with E-state index in [2.05, 4.69) is 0 Å². The van der Waals surface area contributed by atoms with Crippen molar-refractivity contribution in [3.05, 3.63) is 35.9 Å². The number of nitrogens with two attached hydrogens (primary N) is 1. The van der Waals surface area contributed by atoms with Gasteiger partial charge in [0.2, 0.25) is 0 Å². The van der Waals surface area contributed by atoms with Gasteiger partial charge in [0.05, 0.1) is 5.40 Å². The molecule has 13 heteroatoms. The van der Waals surface area contributed by atoms with Crippen LogP contribution in [0.15, 0.2) is 30.3 Å². The fraction of sp³-hybridized carbons (Fsp3) is 0.400. The van der Waals surface area contributed by atoms with Crippen LogP contribution >= 0.6 is 15.2 Å². The van der Waals surface area contributed by atoms with Crippen LogP contribution in [0.5, 0.6) is 0 Å². The molecule has 0 bridgehead atoms. The van der Waals surface area contributed by atoms with Gasteiger partial charge in [0, 0.05) is 65.2 Å². The molecule has 0 aliphatic heterocycles. The van der Waals surface area contributed by atoms with Crippen molar-refractivity contribution in [2.24, 2.45) is 5.73 Å². The molecule has 2 radical (unpaired) electrons. The fourth-order valence-corrected chi connectivity index (χ4v) is 4.27. The van der Waals surface area contributed by atoms with Crippen LogP contribution in [-0.2, 0) is 15.6 Å². The van der Waals surface area contributed by atoms with Crippen LogP contribution in [0.2, 0.25) is 0 Å². The molecule has 1 aromatic carbocycles. The minimum Gasteiger partial charge on any atom is -0.778 e. The molecule has 0 fully saturated rings. The summed E-state index contributed by atoms with van der Waals surface area (Å²) in [7, 11) is -10.4. The third-order valence-corrected chi connectivity index (χ3v) is 6.29. The van der Waals surface area contributed by atoms with E-state index in [0.717, 1.165) is 5.56 Å². The van der Waals surface area contributed by atoms with E-state index in [1.165, 1.54) is 0 Å². The van der Waals surface area contributed by atoms with Gasteiger partial charge in [-0.15, -0.1) is 0 Å². The first-order valence-corrected chi connectivity index (χ1v) is 8.76. The van der Waals surface area contributed by atoms with E-state index in [9.17, 15) is 18.9 Å². The predicted octanol–water partition coefficient (Wildman–Crippen LogP) is -7.39. The maximum absolute atomic E-state index is 11.0. The molecule has 3 atom stereocenters. The number of benzene rings is 1. The Bertz CT molecular complexity index is 489. The van der Waals surface area contributed by atoms with Crippen LogP contribution in [-0.4, -0.2) is 80.3 Å². The number of hydrogen-bond donors (Lipinski definition) is 3. The molecule has 0 spiro atoms. The Balaban J connectivity index is -0.000000451. The summed E-state index contributed by atoms with van der Waals surface area (Å²) in [6, 6.07) is 7.98. The average Bonchev–Trinajstić information content (AvgIpc) is 2.24.